The standard InChI is InChI=1S/C15H18BrF2NO/c16-12-7-11(17)8-13(18)15(12)20-6-5-19-14(9-1-2-9)10-3-4-10/h7-10,14,19H,1-6H2. The molecule has 1 N–H and O–H groups in total. The lowest BCUT2D eigenvalue weighted by atomic mass is 10.1. The number of hydrogen-bond donors (Lipinski definition) is 1. The molecule has 3 rings (SSSR count). The van der Waals surface area contributed by atoms with Crippen LogP contribution in [-0.2, 0) is 0 Å². The van der Waals surface area contributed by atoms with E-state index in [1.54, 1.807) is 0 Å². The first kappa shape index (κ1) is 14.3. The molecule has 2 nitrogen and oxygen atoms in total. The van der Waals surface area contributed by atoms with Gasteiger partial charge in [0, 0.05) is 18.7 Å². The molecule has 0 bridgehead atoms. The summed E-state index contributed by atoms with van der Waals surface area (Å²) in [6.45, 7) is 1.08. The Bertz CT molecular complexity index is 454. The molecule has 0 spiro atoms. The Morgan fingerprint density at radius 1 is 1.20 bits per heavy atom. The maximum absolute atomic E-state index is 13.6. The smallest absolute Gasteiger partial charge is 0.169 e. The van der Waals surface area contributed by atoms with Gasteiger partial charge in [-0.05, 0) is 59.5 Å². The quantitative estimate of drug-likeness (QED) is 0.757. The van der Waals surface area contributed by atoms with E-state index >= 15 is 0 Å². The largest absolute Gasteiger partial charge is 0.488 e. The lowest BCUT2D eigenvalue weighted by Crippen LogP contribution is -2.36. The van der Waals surface area contributed by atoms with Crippen molar-refractivity contribution in [2.75, 3.05) is 13.2 Å². The van der Waals surface area contributed by atoms with Gasteiger partial charge in [0.15, 0.2) is 11.6 Å². The zero-order chi connectivity index (χ0) is 14.1. The first-order valence-electron chi connectivity index (χ1n) is 7.16. The number of nitrogens with one attached hydrogen (secondary N) is 1. The highest BCUT2D eigenvalue weighted by atomic mass is 79.9. The van der Waals surface area contributed by atoms with Gasteiger partial charge in [-0.2, -0.15) is 0 Å². The summed E-state index contributed by atoms with van der Waals surface area (Å²) < 4.78 is 32.3. The molecule has 0 amide bonds. The maximum atomic E-state index is 13.6. The van der Waals surface area contributed by atoms with Crippen molar-refractivity contribution in [3.05, 3.63) is 28.2 Å². The summed E-state index contributed by atoms with van der Waals surface area (Å²) in [5.74, 6) is 0.469. The molecule has 0 aliphatic heterocycles. The molecule has 2 aliphatic rings. The van der Waals surface area contributed by atoms with Gasteiger partial charge in [0.2, 0.25) is 0 Å². The Kier molecular flexibility index (Phi) is 4.26. The predicted molar refractivity (Wildman–Crippen MR) is 76.8 cm³/mol. The number of hydrogen-bond acceptors (Lipinski definition) is 2. The van der Waals surface area contributed by atoms with E-state index in [9.17, 15) is 8.78 Å². The number of halogens is 3. The Morgan fingerprint density at radius 2 is 1.85 bits per heavy atom. The summed E-state index contributed by atoms with van der Waals surface area (Å²) in [5.41, 5.74) is 0. The fourth-order valence-corrected chi connectivity index (χ4v) is 3.20. The summed E-state index contributed by atoms with van der Waals surface area (Å²) in [6, 6.07) is 2.66. The molecule has 0 heterocycles. The maximum Gasteiger partial charge on any atom is 0.169 e. The van der Waals surface area contributed by atoms with Crippen LogP contribution in [-0.4, -0.2) is 19.2 Å². The van der Waals surface area contributed by atoms with Gasteiger partial charge in [-0.15, -0.1) is 0 Å². The Balaban J connectivity index is 1.47. The summed E-state index contributed by atoms with van der Waals surface area (Å²) >= 11 is 3.12. The molecule has 0 atom stereocenters. The minimum absolute atomic E-state index is 0.0857. The van der Waals surface area contributed by atoms with Gasteiger partial charge >= 0.3 is 0 Å². The van der Waals surface area contributed by atoms with E-state index in [2.05, 4.69) is 21.2 Å². The van der Waals surface area contributed by atoms with Crippen molar-refractivity contribution < 1.29 is 13.5 Å². The number of benzene rings is 1. The van der Waals surface area contributed by atoms with E-state index in [-0.39, 0.29) is 5.75 Å². The summed E-state index contributed by atoms with van der Waals surface area (Å²) in [6.07, 6.45) is 5.31. The summed E-state index contributed by atoms with van der Waals surface area (Å²) in [7, 11) is 0. The van der Waals surface area contributed by atoms with Crippen LogP contribution in [0.1, 0.15) is 25.7 Å². The van der Waals surface area contributed by atoms with E-state index in [0.717, 1.165) is 17.9 Å². The number of rotatable bonds is 7. The van der Waals surface area contributed by atoms with E-state index in [4.69, 9.17) is 4.74 Å². The molecule has 1 aromatic carbocycles. The third kappa shape index (κ3) is 3.50. The van der Waals surface area contributed by atoms with Gasteiger partial charge in [0.1, 0.15) is 12.4 Å². The zero-order valence-electron chi connectivity index (χ0n) is 11.2. The molecule has 1 aromatic rings. The van der Waals surface area contributed by atoms with Crippen molar-refractivity contribution in [3.8, 4) is 5.75 Å². The summed E-state index contributed by atoms with van der Waals surface area (Å²) in [5, 5.41) is 3.53. The molecule has 0 unspecified atom stereocenters. The summed E-state index contributed by atoms with van der Waals surface area (Å²) in [4.78, 5) is 0. The lowest BCUT2D eigenvalue weighted by molar-refractivity contribution is 0.279. The zero-order valence-corrected chi connectivity index (χ0v) is 12.8. The van der Waals surface area contributed by atoms with Crippen molar-refractivity contribution in [1.29, 1.82) is 0 Å². The van der Waals surface area contributed by atoms with Gasteiger partial charge in [0.05, 0.1) is 4.47 Å². The molecule has 20 heavy (non-hydrogen) atoms. The fraction of sp³-hybridized carbons (Fsp3) is 0.600. The van der Waals surface area contributed by atoms with Crippen LogP contribution in [0.15, 0.2) is 16.6 Å². The van der Waals surface area contributed by atoms with Gasteiger partial charge in [-0.3, -0.25) is 0 Å². The second-order valence-corrected chi connectivity index (χ2v) is 6.56. The fourth-order valence-electron chi connectivity index (χ4n) is 2.67. The van der Waals surface area contributed by atoms with Crippen LogP contribution in [0.3, 0.4) is 0 Å². The highest BCUT2D eigenvalue weighted by Gasteiger charge is 2.40. The van der Waals surface area contributed by atoms with Crippen molar-refractivity contribution in [1.82, 2.24) is 5.32 Å². The molecule has 2 aliphatic carbocycles. The monoisotopic (exact) mass is 345 g/mol. The van der Waals surface area contributed by atoms with Gasteiger partial charge < -0.3 is 10.1 Å². The Labute approximate surface area is 126 Å². The second-order valence-electron chi connectivity index (χ2n) is 5.70. The predicted octanol–water partition coefficient (Wildman–Crippen LogP) is 3.88. The van der Waals surface area contributed by atoms with Gasteiger partial charge in [-0.1, -0.05) is 0 Å². The van der Waals surface area contributed by atoms with Crippen LogP contribution in [0, 0.1) is 23.5 Å². The first-order chi connectivity index (χ1) is 9.65. The van der Waals surface area contributed by atoms with E-state index in [1.165, 1.54) is 31.7 Å². The van der Waals surface area contributed by atoms with Crippen LogP contribution in [0.2, 0.25) is 0 Å². The lowest BCUT2D eigenvalue weighted by Gasteiger charge is -2.18. The molecule has 2 fully saturated rings. The van der Waals surface area contributed by atoms with Gasteiger partial charge in [0.25, 0.3) is 0 Å². The number of ether oxygens (including phenoxy) is 1. The minimum Gasteiger partial charge on any atom is -0.488 e. The normalized spacial score (nSPS) is 18.6. The van der Waals surface area contributed by atoms with Crippen LogP contribution in [0.25, 0.3) is 0 Å². The second kappa shape index (κ2) is 5.98. The Morgan fingerprint density at radius 3 is 2.40 bits per heavy atom. The molecule has 2 saturated carbocycles. The molecular weight excluding hydrogens is 328 g/mol. The minimum atomic E-state index is -0.669. The highest BCUT2D eigenvalue weighted by molar-refractivity contribution is 9.10. The topological polar surface area (TPSA) is 21.3 Å². The Hall–Kier alpha value is -0.680. The molecule has 0 radical (unpaired) electrons. The van der Waals surface area contributed by atoms with Crippen molar-refractivity contribution >= 4 is 15.9 Å². The van der Waals surface area contributed by atoms with E-state index < -0.39 is 11.6 Å². The molecule has 0 aromatic heterocycles. The van der Waals surface area contributed by atoms with Crippen LogP contribution in [0.4, 0.5) is 8.78 Å². The van der Waals surface area contributed by atoms with Gasteiger partial charge in [-0.25, -0.2) is 8.78 Å². The third-order valence-electron chi connectivity index (χ3n) is 3.95. The van der Waals surface area contributed by atoms with Crippen LogP contribution >= 0.6 is 15.9 Å². The molecular formula is C15H18BrF2NO. The molecule has 0 saturated heterocycles. The molecule has 5 heteroatoms. The average Bonchev–Trinajstić information content (AvgIpc) is 3.25. The SMILES string of the molecule is Fc1cc(F)c(OCCNC(C2CC2)C2CC2)c(Br)c1. The highest BCUT2D eigenvalue weighted by Crippen LogP contribution is 2.44. The van der Waals surface area contributed by atoms with Crippen molar-refractivity contribution in [2.24, 2.45) is 11.8 Å². The van der Waals surface area contributed by atoms with E-state index in [0.29, 0.717) is 23.7 Å². The van der Waals surface area contributed by atoms with E-state index in [1.807, 2.05) is 0 Å². The van der Waals surface area contributed by atoms with Crippen LogP contribution in [0.5, 0.6) is 5.75 Å². The molecule has 110 valence electrons. The third-order valence-corrected chi connectivity index (χ3v) is 4.54. The van der Waals surface area contributed by atoms with Crippen molar-refractivity contribution in [3.63, 3.8) is 0 Å². The van der Waals surface area contributed by atoms with Crippen molar-refractivity contribution in [2.45, 2.75) is 31.7 Å². The van der Waals surface area contributed by atoms with Crippen LogP contribution < -0.4 is 10.1 Å². The average molecular weight is 346 g/mol. The first-order valence-corrected chi connectivity index (χ1v) is 7.95.